The third-order valence-corrected chi connectivity index (χ3v) is 2.36. The molecule has 1 amide bonds. The van der Waals surface area contributed by atoms with Gasteiger partial charge in [-0.05, 0) is 27.2 Å². The van der Waals surface area contributed by atoms with Crippen LogP contribution in [0.15, 0.2) is 0 Å². The Hall–Kier alpha value is 0.761. The molecule has 0 N–H and O–H groups in total. The van der Waals surface area contributed by atoms with Crippen molar-refractivity contribution >= 4 is 13.1 Å². The number of likely N-dealkylation sites (tertiary alicyclic amines) is 1. The number of nitrogens with zero attached hydrogens (tertiary/aromatic N) is 1. The van der Waals surface area contributed by atoms with E-state index in [4.69, 9.17) is 4.74 Å². The molecular formula is C9H16BF3KNO2. The van der Waals surface area contributed by atoms with Crippen molar-refractivity contribution in [1.82, 2.24) is 4.90 Å². The summed E-state index contributed by atoms with van der Waals surface area (Å²) in [6, 6.07) is 0. The molecule has 3 nitrogen and oxygen atoms in total. The van der Waals surface area contributed by atoms with Gasteiger partial charge in [0.2, 0.25) is 0 Å². The summed E-state index contributed by atoms with van der Waals surface area (Å²) in [7, 11) is 0. The van der Waals surface area contributed by atoms with Crippen LogP contribution in [-0.2, 0) is 4.74 Å². The number of halogens is 3. The van der Waals surface area contributed by atoms with Crippen LogP contribution in [0.4, 0.5) is 17.7 Å². The van der Waals surface area contributed by atoms with E-state index < -0.39 is 24.6 Å². The molecule has 1 heterocycles. The van der Waals surface area contributed by atoms with Crippen molar-refractivity contribution in [3.8, 4) is 0 Å². The molecule has 1 fully saturated rings. The van der Waals surface area contributed by atoms with Crippen molar-refractivity contribution in [2.45, 2.75) is 45.2 Å². The van der Waals surface area contributed by atoms with Crippen LogP contribution in [0, 0.1) is 0 Å². The minimum atomic E-state index is -5.01. The fourth-order valence-electron chi connectivity index (χ4n) is 1.73. The molecule has 94 valence electrons. The molecule has 1 atom stereocenters. The fraction of sp³-hybridized carbons (Fsp3) is 0.889. The molecule has 0 saturated carbocycles. The zero-order valence-corrected chi connectivity index (χ0v) is 13.8. The van der Waals surface area contributed by atoms with Crippen LogP contribution < -0.4 is 51.4 Å². The van der Waals surface area contributed by atoms with E-state index in [2.05, 4.69) is 0 Å². The Morgan fingerprint density at radius 1 is 1.35 bits per heavy atom. The molecule has 17 heavy (non-hydrogen) atoms. The monoisotopic (exact) mass is 277 g/mol. The molecule has 0 aromatic heterocycles. The standard InChI is InChI=1S/C9H16BF3NO2.K/c1-9(2,3)16-8(15)14-6-4-5-7(14)10(11,12)13;/h7H,4-6H2,1-3H3;/q-1;+1/t7-;/m1./s1. The van der Waals surface area contributed by atoms with E-state index in [1.165, 1.54) is 0 Å². The fourth-order valence-corrected chi connectivity index (χ4v) is 1.73. The van der Waals surface area contributed by atoms with Gasteiger partial charge in [0, 0.05) is 12.5 Å². The van der Waals surface area contributed by atoms with E-state index in [1.54, 1.807) is 20.8 Å². The number of carbonyl (C=O) groups excluding carboxylic acids is 1. The molecule has 1 rings (SSSR count). The summed E-state index contributed by atoms with van der Waals surface area (Å²) in [5.41, 5.74) is -0.761. The van der Waals surface area contributed by atoms with Crippen LogP contribution >= 0.6 is 0 Å². The number of hydrogen-bond acceptors (Lipinski definition) is 2. The summed E-state index contributed by atoms with van der Waals surface area (Å²) in [5.74, 6) is -1.63. The number of ether oxygens (including phenoxy) is 1. The average Bonchev–Trinajstić information content (AvgIpc) is 2.45. The first-order chi connectivity index (χ1) is 7.11. The van der Waals surface area contributed by atoms with Gasteiger partial charge in [0.25, 0.3) is 0 Å². The summed E-state index contributed by atoms with van der Waals surface area (Å²) < 4.78 is 42.8. The predicted molar refractivity (Wildman–Crippen MR) is 55.0 cm³/mol. The largest absolute Gasteiger partial charge is 1.00 e. The van der Waals surface area contributed by atoms with Crippen molar-refractivity contribution in [1.29, 1.82) is 0 Å². The van der Waals surface area contributed by atoms with Gasteiger partial charge in [0.05, 0.1) is 0 Å². The first-order valence-corrected chi connectivity index (χ1v) is 5.31. The predicted octanol–water partition coefficient (Wildman–Crippen LogP) is -0.224. The maximum atomic E-state index is 12.6. The molecule has 0 aliphatic carbocycles. The Balaban J connectivity index is 0.00000256. The van der Waals surface area contributed by atoms with Crippen molar-refractivity contribution in [2.75, 3.05) is 6.54 Å². The van der Waals surface area contributed by atoms with Crippen molar-refractivity contribution in [2.24, 2.45) is 0 Å². The van der Waals surface area contributed by atoms with E-state index >= 15 is 0 Å². The molecule has 0 radical (unpaired) electrons. The third-order valence-electron chi connectivity index (χ3n) is 2.36. The van der Waals surface area contributed by atoms with E-state index in [1.807, 2.05) is 0 Å². The zero-order chi connectivity index (χ0) is 12.6. The van der Waals surface area contributed by atoms with Gasteiger partial charge in [-0.1, -0.05) is 6.42 Å². The van der Waals surface area contributed by atoms with Crippen LogP contribution in [-0.4, -0.2) is 36.1 Å². The van der Waals surface area contributed by atoms with E-state index in [0.29, 0.717) is 6.42 Å². The van der Waals surface area contributed by atoms with E-state index in [0.717, 1.165) is 4.90 Å². The summed E-state index contributed by atoms with van der Waals surface area (Å²) in [5, 5.41) is 0. The Morgan fingerprint density at radius 2 is 1.88 bits per heavy atom. The number of rotatable bonds is 1. The molecule has 0 aromatic carbocycles. The minimum Gasteiger partial charge on any atom is -0.448 e. The van der Waals surface area contributed by atoms with Crippen LogP contribution in [0.1, 0.15) is 33.6 Å². The Labute approximate surface area is 142 Å². The Kier molecular flexibility index (Phi) is 6.56. The second-order valence-electron chi connectivity index (χ2n) is 5.01. The van der Waals surface area contributed by atoms with Gasteiger partial charge in [-0.15, -0.1) is 0 Å². The third kappa shape index (κ3) is 5.50. The molecule has 0 spiro atoms. The molecule has 1 aliphatic heterocycles. The molecule has 0 aromatic rings. The van der Waals surface area contributed by atoms with Crippen LogP contribution in [0.2, 0.25) is 0 Å². The maximum absolute atomic E-state index is 12.6. The van der Waals surface area contributed by atoms with Gasteiger partial charge in [-0.25, -0.2) is 4.79 Å². The zero-order valence-electron chi connectivity index (χ0n) is 10.7. The van der Waals surface area contributed by atoms with Gasteiger partial charge in [-0.2, -0.15) is 0 Å². The van der Waals surface area contributed by atoms with E-state index in [-0.39, 0.29) is 64.4 Å². The van der Waals surface area contributed by atoms with Gasteiger partial charge in [-0.3, -0.25) is 0 Å². The second kappa shape index (κ2) is 6.27. The Morgan fingerprint density at radius 3 is 2.29 bits per heavy atom. The van der Waals surface area contributed by atoms with E-state index in [9.17, 15) is 17.7 Å². The normalized spacial score (nSPS) is 21.1. The topological polar surface area (TPSA) is 29.5 Å². The van der Waals surface area contributed by atoms with Gasteiger partial charge in [0.1, 0.15) is 5.60 Å². The van der Waals surface area contributed by atoms with Gasteiger partial charge in [0.15, 0.2) is 0 Å². The van der Waals surface area contributed by atoms with Crippen molar-refractivity contribution in [3.63, 3.8) is 0 Å². The molecular weight excluding hydrogens is 261 g/mol. The van der Waals surface area contributed by atoms with Crippen LogP contribution in [0.3, 0.4) is 0 Å². The van der Waals surface area contributed by atoms with Crippen LogP contribution in [0.25, 0.3) is 0 Å². The Bertz CT molecular complexity index is 280. The van der Waals surface area contributed by atoms with Crippen molar-refractivity contribution < 1.29 is 73.9 Å². The number of amides is 1. The number of hydrogen-bond donors (Lipinski definition) is 0. The molecule has 8 heteroatoms. The van der Waals surface area contributed by atoms with Crippen molar-refractivity contribution in [3.05, 3.63) is 0 Å². The summed E-state index contributed by atoms with van der Waals surface area (Å²) in [4.78, 5) is 12.3. The minimum absolute atomic E-state index is 0. The quantitative estimate of drug-likeness (QED) is 0.620. The second-order valence-corrected chi connectivity index (χ2v) is 5.01. The maximum Gasteiger partial charge on any atom is 1.00 e. The first-order valence-electron chi connectivity index (χ1n) is 5.31. The average molecular weight is 277 g/mol. The molecule has 1 saturated heterocycles. The van der Waals surface area contributed by atoms with Crippen LogP contribution in [0.5, 0.6) is 0 Å². The molecule has 1 aliphatic rings. The number of carbonyl (C=O) groups is 1. The van der Waals surface area contributed by atoms with Gasteiger partial charge < -0.3 is 22.6 Å². The summed E-state index contributed by atoms with van der Waals surface area (Å²) >= 11 is 0. The summed E-state index contributed by atoms with van der Waals surface area (Å²) in [6.45, 7) is 0.0144. The molecule has 0 bridgehead atoms. The van der Waals surface area contributed by atoms with Gasteiger partial charge >= 0.3 is 64.5 Å². The first kappa shape index (κ1) is 17.8. The summed E-state index contributed by atoms with van der Waals surface area (Å²) in [6.07, 6.45) is -0.498. The SMILES string of the molecule is CC(C)(C)OC(=O)N1CCC[C@@H]1[B-](F)(F)F.[K+]. The smallest absolute Gasteiger partial charge is 0.448 e. The molecule has 0 unspecified atom stereocenters.